The van der Waals surface area contributed by atoms with Gasteiger partial charge in [0.25, 0.3) is 0 Å². The summed E-state index contributed by atoms with van der Waals surface area (Å²) in [6.07, 6.45) is 2.07. The van der Waals surface area contributed by atoms with Crippen molar-refractivity contribution in [3.8, 4) is 0 Å². The number of hydrogen-bond donors (Lipinski definition) is 1. The Balaban J connectivity index is 2.46. The van der Waals surface area contributed by atoms with Crippen LogP contribution in [0, 0.1) is 0 Å². The van der Waals surface area contributed by atoms with E-state index in [1.807, 2.05) is 18.2 Å². The van der Waals surface area contributed by atoms with Gasteiger partial charge < -0.3 is 15.0 Å². The maximum absolute atomic E-state index is 5.78. The highest BCUT2D eigenvalue weighted by atomic mass is 16.5. The SMILES string of the molecule is CCCc1nc2cc(N)ccc2n1CCOC. The molecule has 0 atom stereocenters. The average Bonchev–Trinajstić information content (AvgIpc) is 2.63. The summed E-state index contributed by atoms with van der Waals surface area (Å²) < 4.78 is 7.37. The first-order chi connectivity index (χ1) is 8.26. The normalized spacial score (nSPS) is 11.2. The van der Waals surface area contributed by atoms with Crippen molar-refractivity contribution in [3.63, 3.8) is 0 Å². The highest BCUT2D eigenvalue weighted by molar-refractivity contribution is 5.79. The second-order valence-electron chi connectivity index (χ2n) is 4.17. The molecule has 2 rings (SSSR count). The van der Waals surface area contributed by atoms with Crippen LogP contribution in [-0.4, -0.2) is 23.3 Å². The van der Waals surface area contributed by atoms with Crippen molar-refractivity contribution in [1.82, 2.24) is 9.55 Å². The minimum absolute atomic E-state index is 0.701. The lowest BCUT2D eigenvalue weighted by Gasteiger charge is -2.07. The zero-order valence-electron chi connectivity index (χ0n) is 10.4. The highest BCUT2D eigenvalue weighted by Gasteiger charge is 2.09. The van der Waals surface area contributed by atoms with Crippen molar-refractivity contribution in [2.45, 2.75) is 26.3 Å². The van der Waals surface area contributed by atoms with Gasteiger partial charge in [0, 0.05) is 25.8 Å². The Hall–Kier alpha value is -1.55. The molecule has 17 heavy (non-hydrogen) atoms. The van der Waals surface area contributed by atoms with E-state index in [1.54, 1.807) is 7.11 Å². The fraction of sp³-hybridized carbons (Fsp3) is 0.462. The maximum atomic E-state index is 5.78. The van der Waals surface area contributed by atoms with Crippen LogP contribution >= 0.6 is 0 Å². The zero-order chi connectivity index (χ0) is 12.3. The number of aromatic nitrogens is 2. The van der Waals surface area contributed by atoms with Gasteiger partial charge in [-0.1, -0.05) is 6.92 Å². The number of nitrogens with two attached hydrogens (primary N) is 1. The average molecular weight is 233 g/mol. The minimum Gasteiger partial charge on any atom is -0.399 e. The Morgan fingerprint density at radius 3 is 2.94 bits per heavy atom. The molecule has 0 radical (unpaired) electrons. The predicted molar refractivity (Wildman–Crippen MR) is 70.0 cm³/mol. The van der Waals surface area contributed by atoms with Gasteiger partial charge in [-0.25, -0.2) is 4.98 Å². The van der Waals surface area contributed by atoms with Crippen molar-refractivity contribution < 1.29 is 4.74 Å². The predicted octanol–water partition coefficient (Wildman–Crippen LogP) is 2.22. The number of imidazole rings is 1. The Bertz CT molecular complexity index is 505. The first kappa shape index (κ1) is 11.9. The molecule has 1 aromatic carbocycles. The van der Waals surface area contributed by atoms with E-state index in [9.17, 15) is 0 Å². The molecule has 4 heteroatoms. The third kappa shape index (κ3) is 2.42. The summed E-state index contributed by atoms with van der Waals surface area (Å²) in [6, 6.07) is 5.88. The number of ether oxygens (including phenoxy) is 1. The molecule has 0 aliphatic heterocycles. The fourth-order valence-electron chi connectivity index (χ4n) is 2.04. The van der Waals surface area contributed by atoms with Gasteiger partial charge in [-0.15, -0.1) is 0 Å². The Kier molecular flexibility index (Phi) is 3.64. The molecule has 0 amide bonds. The van der Waals surface area contributed by atoms with Gasteiger partial charge in [0.15, 0.2) is 0 Å². The lowest BCUT2D eigenvalue weighted by molar-refractivity contribution is 0.187. The van der Waals surface area contributed by atoms with E-state index < -0.39 is 0 Å². The van der Waals surface area contributed by atoms with E-state index in [0.717, 1.165) is 41.9 Å². The number of nitrogens with zero attached hydrogens (tertiary/aromatic N) is 2. The highest BCUT2D eigenvalue weighted by Crippen LogP contribution is 2.19. The van der Waals surface area contributed by atoms with Crippen LogP contribution in [0.25, 0.3) is 11.0 Å². The van der Waals surface area contributed by atoms with Crippen LogP contribution in [0.2, 0.25) is 0 Å². The van der Waals surface area contributed by atoms with Crippen LogP contribution in [0.15, 0.2) is 18.2 Å². The summed E-state index contributed by atoms with van der Waals surface area (Å²) in [5.74, 6) is 1.12. The second-order valence-corrected chi connectivity index (χ2v) is 4.17. The van der Waals surface area contributed by atoms with Crippen molar-refractivity contribution >= 4 is 16.7 Å². The molecule has 1 heterocycles. The lowest BCUT2D eigenvalue weighted by Crippen LogP contribution is -2.08. The van der Waals surface area contributed by atoms with Crippen molar-refractivity contribution in [2.24, 2.45) is 0 Å². The molecule has 1 aromatic heterocycles. The van der Waals surface area contributed by atoms with Crippen molar-refractivity contribution in [2.75, 3.05) is 19.5 Å². The Labute approximate surface area is 101 Å². The summed E-state index contributed by atoms with van der Waals surface area (Å²) in [5.41, 5.74) is 8.66. The minimum atomic E-state index is 0.701. The molecule has 2 aromatic rings. The van der Waals surface area contributed by atoms with Crippen molar-refractivity contribution in [1.29, 1.82) is 0 Å². The van der Waals surface area contributed by atoms with Gasteiger partial charge >= 0.3 is 0 Å². The van der Waals surface area contributed by atoms with E-state index in [4.69, 9.17) is 10.5 Å². The molecule has 0 fully saturated rings. The summed E-state index contributed by atoms with van der Waals surface area (Å²) in [4.78, 5) is 4.64. The summed E-state index contributed by atoms with van der Waals surface area (Å²) in [7, 11) is 1.72. The maximum Gasteiger partial charge on any atom is 0.109 e. The molecule has 92 valence electrons. The van der Waals surface area contributed by atoms with Crippen LogP contribution in [0.5, 0.6) is 0 Å². The van der Waals surface area contributed by atoms with Crippen LogP contribution in [0.4, 0.5) is 5.69 Å². The van der Waals surface area contributed by atoms with Crippen LogP contribution in [-0.2, 0) is 17.7 Å². The number of fused-ring (bicyclic) bond motifs is 1. The smallest absolute Gasteiger partial charge is 0.109 e. The quantitative estimate of drug-likeness (QED) is 0.806. The second kappa shape index (κ2) is 5.19. The molecule has 0 saturated heterocycles. The Morgan fingerprint density at radius 1 is 1.41 bits per heavy atom. The van der Waals surface area contributed by atoms with Gasteiger partial charge in [-0.05, 0) is 24.6 Å². The first-order valence-electron chi connectivity index (χ1n) is 5.99. The molecule has 0 aliphatic rings. The van der Waals surface area contributed by atoms with Gasteiger partial charge in [0.1, 0.15) is 5.82 Å². The van der Waals surface area contributed by atoms with E-state index in [-0.39, 0.29) is 0 Å². The molecular weight excluding hydrogens is 214 g/mol. The molecule has 0 bridgehead atoms. The number of benzene rings is 1. The fourth-order valence-corrected chi connectivity index (χ4v) is 2.04. The van der Waals surface area contributed by atoms with E-state index in [0.29, 0.717) is 6.61 Å². The molecular formula is C13H19N3O. The number of hydrogen-bond acceptors (Lipinski definition) is 3. The largest absolute Gasteiger partial charge is 0.399 e. The van der Waals surface area contributed by atoms with E-state index >= 15 is 0 Å². The number of aryl methyl sites for hydroxylation is 1. The molecule has 2 N–H and O–H groups in total. The van der Waals surface area contributed by atoms with Crippen LogP contribution in [0.3, 0.4) is 0 Å². The molecule has 0 aliphatic carbocycles. The van der Waals surface area contributed by atoms with Gasteiger partial charge in [-0.2, -0.15) is 0 Å². The summed E-state index contributed by atoms with van der Waals surface area (Å²) >= 11 is 0. The third-order valence-corrected chi connectivity index (χ3v) is 2.84. The number of anilines is 1. The Morgan fingerprint density at radius 2 is 2.24 bits per heavy atom. The summed E-state index contributed by atoms with van der Waals surface area (Å²) in [6.45, 7) is 3.70. The molecule has 0 spiro atoms. The van der Waals surface area contributed by atoms with Gasteiger partial charge in [-0.3, -0.25) is 0 Å². The van der Waals surface area contributed by atoms with E-state index in [2.05, 4.69) is 16.5 Å². The molecule has 4 nitrogen and oxygen atoms in total. The monoisotopic (exact) mass is 233 g/mol. The topological polar surface area (TPSA) is 53.1 Å². The number of nitrogen functional groups attached to an aromatic ring is 1. The number of methoxy groups -OCH3 is 1. The van der Waals surface area contributed by atoms with Gasteiger partial charge in [0.05, 0.1) is 17.6 Å². The van der Waals surface area contributed by atoms with Crippen LogP contribution in [0.1, 0.15) is 19.2 Å². The number of rotatable bonds is 5. The van der Waals surface area contributed by atoms with Crippen LogP contribution < -0.4 is 5.73 Å². The van der Waals surface area contributed by atoms with E-state index in [1.165, 1.54) is 0 Å². The molecule has 0 saturated carbocycles. The standard InChI is InChI=1S/C13H19N3O/c1-3-4-13-15-11-9-10(14)5-6-12(11)16(13)7-8-17-2/h5-6,9H,3-4,7-8,14H2,1-2H3. The van der Waals surface area contributed by atoms with Gasteiger partial charge in [0.2, 0.25) is 0 Å². The third-order valence-electron chi connectivity index (χ3n) is 2.84. The summed E-state index contributed by atoms with van der Waals surface area (Å²) in [5, 5.41) is 0. The first-order valence-corrected chi connectivity index (χ1v) is 5.99. The zero-order valence-corrected chi connectivity index (χ0v) is 10.4. The lowest BCUT2D eigenvalue weighted by atomic mass is 10.3. The van der Waals surface area contributed by atoms with Crippen molar-refractivity contribution in [3.05, 3.63) is 24.0 Å². The molecule has 0 unspecified atom stereocenters.